The highest BCUT2D eigenvalue weighted by Gasteiger charge is 2.24. The third kappa shape index (κ3) is 2.38. The van der Waals surface area contributed by atoms with Crippen molar-refractivity contribution in [3.05, 3.63) is 33.9 Å². The number of thiol groups is 1. The van der Waals surface area contributed by atoms with Crippen molar-refractivity contribution in [3.63, 3.8) is 0 Å². The number of nitro benzene ring substituents is 1. The van der Waals surface area contributed by atoms with Crippen LogP contribution in [0, 0.1) is 10.1 Å². The molecule has 0 saturated carbocycles. The molecule has 0 aliphatic carbocycles. The molecule has 1 aromatic rings. The van der Waals surface area contributed by atoms with E-state index in [1.165, 1.54) is 12.1 Å². The zero-order valence-electron chi connectivity index (χ0n) is 7.45. The lowest BCUT2D eigenvalue weighted by molar-refractivity contribution is -0.385. The van der Waals surface area contributed by atoms with Crippen LogP contribution in [-0.4, -0.2) is 16.0 Å². The van der Waals surface area contributed by atoms with Gasteiger partial charge in [-0.1, -0.05) is 0 Å². The topological polar surface area (TPSA) is 106 Å². The van der Waals surface area contributed by atoms with Crippen LogP contribution in [0.5, 0.6) is 0 Å². The van der Waals surface area contributed by atoms with Crippen molar-refractivity contribution >= 4 is 30.0 Å². The fraction of sp³-hybridized carbons (Fsp3) is 0.125. The standard InChI is InChI=1S/C8H8N2O4S/c9-4-1-2-5(7(15)8(11)12)6(3-4)10(13)14/h1-3,7,15H,9H2,(H,11,12). The average molecular weight is 228 g/mol. The Morgan fingerprint density at radius 3 is 2.67 bits per heavy atom. The molecular formula is C8H8N2O4S. The molecule has 15 heavy (non-hydrogen) atoms. The minimum absolute atomic E-state index is 0.0185. The smallest absolute Gasteiger partial charge is 0.321 e. The van der Waals surface area contributed by atoms with Crippen LogP contribution in [0.15, 0.2) is 18.2 Å². The van der Waals surface area contributed by atoms with Crippen LogP contribution in [0.4, 0.5) is 11.4 Å². The Kier molecular flexibility index (Phi) is 3.15. The number of hydrogen-bond donors (Lipinski definition) is 3. The maximum absolute atomic E-state index is 10.6. The first kappa shape index (κ1) is 11.3. The summed E-state index contributed by atoms with van der Waals surface area (Å²) in [5.74, 6) is -1.24. The van der Waals surface area contributed by atoms with Gasteiger partial charge in [-0.2, -0.15) is 12.6 Å². The van der Waals surface area contributed by atoms with Crippen molar-refractivity contribution < 1.29 is 14.8 Å². The van der Waals surface area contributed by atoms with E-state index in [9.17, 15) is 14.9 Å². The summed E-state index contributed by atoms with van der Waals surface area (Å²) in [6.07, 6.45) is 0. The predicted octanol–water partition coefficient (Wildman–Crippen LogP) is 1.23. The molecule has 0 aliphatic heterocycles. The number of nitrogens with zero attached hydrogens (tertiary/aromatic N) is 1. The highest BCUT2D eigenvalue weighted by molar-refractivity contribution is 7.81. The van der Waals surface area contributed by atoms with Gasteiger partial charge in [0.25, 0.3) is 5.69 Å². The first-order chi connectivity index (χ1) is 6.93. The molecule has 1 rings (SSSR count). The molecule has 3 N–H and O–H groups in total. The molecule has 1 aromatic carbocycles. The van der Waals surface area contributed by atoms with E-state index in [2.05, 4.69) is 12.6 Å². The second-order valence-electron chi connectivity index (χ2n) is 2.82. The molecule has 80 valence electrons. The summed E-state index contributed by atoms with van der Waals surface area (Å²) in [6.45, 7) is 0. The minimum atomic E-state index is -1.24. The molecule has 0 amide bonds. The van der Waals surface area contributed by atoms with Crippen LogP contribution >= 0.6 is 12.6 Å². The summed E-state index contributed by atoms with van der Waals surface area (Å²) >= 11 is 3.77. The van der Waals surface area contributed by atoms with Gasteiger partial charge < -0.3 is 10.8 Å². The molecule has 1 unspecified atom stereocenters. The number of carboxylic acids is 1. The molecule has 0 spiro atoms. The van der Waals surface area contributed by atoms with E-state index in [1.807, 2.05) is 0 Å². The second-order valence-corrected chi connectivity index (χ2v) is 3.33. The van der Waals surface area contributed by atoms with Crippen LogP contribution in [0.1, 0.15) is 10.8 Å². The van der Waals surface area contributed by atoms with Gasteiger partial charge in [0.2, 0.25) is 0 Å². The Morgan fingerprint density at radius 2 is 2.20 bits per heavy atom. The van der Waals surface area contributed by atoms with E-state index in [4.69, 9.17) is 10.8 Å². The van der Waals surface area contributed by atoms with Crippen LogP contribution in [0.2, 0.25) is 0 Å². The van der Waals surface area contributed by atoms with E-state index in [1.54, 1.807) is 0 Å². The monoisotopic (exact) mass is 228 g/mol. The van der Waals surface area contributed by atoms with Crippen LogP contribution < -0.4 is 5.73 Å². The lowest BCUT2D eigenvalue weighted by Gasteiger charge is -2.06. The van der Waals surface area contributed by atoms with E-state index < -0.39 is 16.1 Å². The number of nitro groups is 1. The minimum Gasteiger partial charge on any atom is -0.480 e. The normalized spacial score (nSPS) is 12.1. The first-order valence-electron chi connectivity index (χ1n) is 3.88. The van der Waals surface area contributed by atoms with E-state index in [0.29, 0.717) is 0 Å². The SMILES string of the molecule is Nc1ccc(C(S)C(=O)O)c([N+](=O)[O-])c1. The molecule has 0 aliphatic rings. The molecule has 7 heteroatoms. The summed E-state index contributed by atoms with van der Waals surface area (Å²) < 4.78 is 0. The van der Waals surface area contributed by atoms with Crippen molar-refractivity contribution in [1.29, 1.82) is 0 Å². The number of nitrogens with two attached hydrogens (primary N) is 1. The molecule has 0 saturated heterocycles. The predicted molar refractivity (Wildman–Crippen MR) is 56.9 cm³/mol. The molecule has 1 atom stereocenters. The van der Waals surface area contributed by atoms with Crippen molar-refractivity contribution in [2.75, 3.05) is 5.73 Å². The highest BCUT2D eigenvalue weighted by Crippen LogP contribution is 2.30. The number of carbonyl (C=O) groups is 1. The summed E-state index contributed by atoms with van der Waals surface area (Å²) in [6, 6.07) is 3.80. The number of rotatable bonds is 3. The Labute approximate surface area is 90.3 Å². The largest absolute Gasteiger partial charge is 0.480 e. The van der Waals surface area contributed by atoms with Gasteiger partial charge >= 0.3 is 5.97 Å². The van der Waals surface area contributed by atoms with E-state index in [-0.39, 0.29) is 16.9 Å². The number of anilines is 1. The molecule has 6 nitrogen and oxygen atoms in total. The van der Waals surface area contributed by atoms with Crippen LogP contribution in [0.25, 0.3) is 0 Å². The fourth-order valence-electron chi connectivity index (χ4n) is 1.08. The summed E-state index contributed by atoms with van der Waals surface area (Å²) in [5.41, 5.74) is 5.25. The Morgan fingerprint density at radius 1 is 1.60 bits per heavy atom. The zero-order valence-corrected chi connectivity index (χ0v) is 8.35. The lowest BCUT2D eigenvalue weighted by Crippen LogP contribution is -2.08. The summed E-state index contributed by atoms with van der Waals surface area (Å²) in [7, 11) is 0. The number of benzene rings is 1. The average Bonchev–Trinajstić information content (AvgIpc) is 2.16. The second kappa shape index (κ2) is 4.18. The third-order valence-corrected chi connectivity index (χ3v) is 2.28. The highest BCUT2D eigenvalue weighted by atomic mass is 32.1. The maximum atomic E-state index is 10.6. The Balaban J connectivity index is 3.28. The van der Waals surface area contributed by atoms with Crippen molar-refractivity contribution in [3.8, 4) is 0 Å². The van der Waals surface area contributed by atoms with Gasteiger partial charge in [-0.25, -0.2) is 0 Å². The quantitative estimate of drug-likeness (QED) is 0.312. The number of hydrogen-bond acceptors (Lipinski definition) is 5. The van der Waals surface area contributed by atoms with Gasteiger partial charge in [0.05, 0.1) is 10.5 Å². The number of aliphatic carboxylic acids is 1. The van der Waals surface area contributed by atoms with E-state index in [0.717, 1.165) is 6.07 Å². The third-order valence-electron chi connectivity index (χ3n) is 1.78. The van der Waals surface area contributed by atoms with Crippen LogP contribution in [0.3, 0.4) is 0 Å². The maximum Gasteiger partial charge on any atom is 0.321 e. The Bertz CT molecular complexity index is 421. The van der Waals surface area contributed by atoms with Crippen molar-refractivity contribution in [2.45, 2.75) is 5.25 Å². The fourth-order valence-corrected chi connectivity index (χ4v) is 1.30. The van der Waals surface area contributed by atoms with Gasteiger partial charge in [0, 0.05) is 11.8 Å². The molecule has 0 radical (unpaired) electrons. The van der Waals surface area contributed by atoms with Gasteiger partial charge in [0.15, 0.2) is 0 Å². The van der Waals surface area contributed by atoms with Gasteiger partial charge in [0.1, 0.15) is 5.25 Å². The molecule has 0 fully saturated rings. The molecule has 0 aromatic heterocycles. The molecule has 0 bridgehead atoms. The van der Waals surface area contributed by atoms with E-state index >= 15 is 0 Å². The molecular weight excluding hydrogens is 220 g/mol. The number of nitrogen functional groups attached to an aromatic ring is 1. The lowest BCUT2D eigenvalue weighted by atomic mass is 10.1. The van der Waals surface area contributed by atoms with Gasteiger partial charge in [-0.15, -0.1) is 0 Å². The van der Waals surface area contributed by atoms with Gasteiger partial charge in [-0.3, -0.25) is 14.9 Å². The van der Waals surface area contributed by atoms with Crippen LogP contribution in [-0.2, 0) is 4.79 Å². The van der Waals surface area contributed by atoms with Gasteiger partial charge in [-0.05, 0) is 12.1 Å². The molecule has 0 heterocycles. The first-order valence-corrected chi connectivity index (χ1v) is 4.40. The summed E-state index contributed by atoms with van der Waals surface area (Å²) in [4.78, 5) is 20.6. The zero-order chi connectivity index (χ0) is 11.6. The Hall–Kier alpha value is -1.76. The van der Waals surface area contributed by atoms with Crippen molar-refractivity contribution in [1.82, 2.24) is 0 Å². The number of carboxylic acid groups (broad SMARTS) is 1. The van der Waals surface area contributed by atoms with Crippen molar-refractivity contribution in [2.24, 2.45) is 0 Å². The summed E-state index contributed by atoms with van der Waals surface area (Å²) in [5, 5.41) is 18.1.